The Labute approximate surface area is 165 Å². The number of amides is 1. The minimum atomic E-state index is -0.0391. The summed E-state index contributed by atoms with van der Waals surface area (Å²) < 4.78 is 13.0. The van der Waals surface area contributed by atoms with E-state index in [-0.39, 0.29) is 11.9 Å². The average molecular weight is 383 g/mol. The van der Waals surface area contributed by atoms with Gasteiger partial charge in [-0.3, -0.25) is 4.79 Å². The van der Waals surface area contributed by atoms with Crippen molar-refractivity contribution < 1.29 is 14.3 Å². The van der Waals surface area contributed by atoms with E-state index in [0.717, 1.165) is 50.2 Å². The molecule has 6 heteroatoms. The molecule has 2 aliphatic carbocycles. The van der Waals surface area contributed by atoms with Gasteiger partial charge in [0.15, 0.2) is 0 Å². The molecule has 5 rings (SSSR count). The van der Waals surface area contributed by atoms with Crippen LogP contribution in [0.4, 0.5) is 0 Å². The van der Waals surface area contributed by atoms with E-state index in [0.29, 0.717) is 22.6 Å². The number of aromatic nitrogens is 2. The van der Waals surface area contributed by atoms with Crippen molar-refractivity contribution in [3.05, 3.63) is 29.7 Å². The van der Waals surface area contributed by atoms with Gasteiger partial charge in [-0.15, -0.1) is 0 Å². The fraction of sp³-hybridized carbons (Fsp3) is 0.636. The molecule has 1 N–H and O–H groups in total. The highest BCUT2D eigenvalue weighted by atomic mass is 16.5. The lowest BCUT2D eigenvalue weighted by atomic mass is 9.83. The van der Waals surface area contributed by atoms with Gasteiger partial charge in [0.25, 0.3) is 5.91 Å². The lowest BCUT2D eigenvalue weighted by Gasteiger charge is -2.29. The standard InChI is InChI=1S/C22H29N3O3/c1-27-19-11-20-24-18(15-4-9-28-10-5-15)14-25(20)13-17(19)21(26)23-16-3-2-6-22(12-16)7-8-22/h11,13-16H,2-10,12H2,1H3,(H,23,26). The van der Waals surface area contributed by atoms with Crippen molar-refractivity contribution >= 4 is 11.6 Å². The lowest BCUT2D eigenvalue weighted by molar-refractivity contribution is 0.0846. The fourth-order valence-corrected chi connectivity index (χ4v) is 5.03. The van der Waals surface area contributed by atoms with Crippen LogP contribution >= 0.6 is 0 Å². The molecule has 1 saturated heterocycles. The molecule has 2 saturated carbocycles. The predicted octanol–water partition coefficient (Wildman–Crippen LogP) is 3.69. The first-order valence-electron chi connectivity index (χ1n) is 10.6. The summed E-state index contributed by atoms with van der Waals surface area (Å²) in [5, 5.41) is 3.27. The number of methoxy groups -OCH3 is 1. The second-order valence-corrected chi connectivity index (χ2v) is 8.84. The molecule has 1 unspecified atom stereocenters. The van der Waals surface area contributed by atoms with Crippen LogP contribution in [0.15, 0.2) is 18.5 Å². The summed E-state index contributed by atoms with van der Waals surface area (Å²) in [6, 6.07) is 2.16. The lowest BCUT2D eigenvalue weighted by Crippen LogP contribution is -2.39. The van der Waals surface area contributed by atoms with Crippen molar-refractivity contribution in [2.24, 2.45) is 5.41 Å². The SMILES string of the molecule is COc1cc2nc(C3CCOCC3)cn2cc1C(=O)NC1CCCC2(CC2)C1. The number of imidazole rings is 1. The second kappa shape index (κ2) is 7.07. The van der Waals surface area contributed by atoms with Crippen LogP contribution in [-0.4, -0.2) is 41.7 Å². The van der Waals surface area contributed by atoms with Gasteiger partial charge in [-0.25, -0.2) is 4.98 Å². The quantitative estimate of drug-likeness (QED) is 0.875. The number of carbonyl (C=O) groups excluding carboxylic acids is 1. The topological polar surface area (TPSA) is 64.9 Å². The number of nitrogens with zero attached hydrogens (tertiary/aromatic N) is 2. The normalized spacial score (nSPS) is 24.4. The van der Waals surface area contributed by atoms with E-state index in [9.17, 15) is 4.79 Å². The van der Waals surface area contributed by atoms with Crippen LogP contribution in [0, 0.1) is 5.41 Å². The third kappa shape index (κ3) is 3.39. The number of nitrogens with one attached hydrogen (secondary N) is 1. The van der Waals surface area contributed by atoms with Gasteiger partial charge >= 0.3 is 0 Å². The molecule has 0 aromatic carbocycles. The van der Waals surface area contributed by atoms with Crippen molar-refractivity contribution in [3.8, 4) is 5.75 Å². The van der Waals surface area contributed by atoms with Crippen molar-refractivity contribution in [1.82, 2.24) is 14.7 Å². The van der Waals surface area contributed by atoms with E-state index in [1.165, 1.54) is 25.7 Å². The molecule has 2 aromatic heterocycles. The molecule has 6 nitrogen and oxygen atoms in total. The van der Waals surface area contributed by atoms with Crippen LogP contribution in [0.2, 0.25) is 0 Å². The van der Waals surface area contributed by atoms with E-state index < -0.39 is 0 Å². The summed E-state index contributed by atoms with van der Waals surface area (Å²) in [6.45, 7) is 1.58. The zero-order valence-electron chi connectivity index (χ0n) is 16.6. The van der Waals surface area contributed by atoms with Gasteiger partial charge in [0.1, 0.15) is 11.4 Å². The van der Waals surface area contributed by atoms with E-state index in [4.69, 9.17) is 14.5 Å². The summed E-state index contributed by atoms with van der Waals surface area (Å²) in [6.07, 6.45) is 13.3. The number of ether oxygens (including phenoxy) is 2. The molecular weight excluding hydrogens is 354 g/mol. The third-order valence-electron chi connectivity index (χ3n) is 6.91. The number of hydrogen-bond acceptors (Lipinski definition) is 4. The Morgan fingerprint density at radius 2 is 2.07 bits per heavy atom. The van der Waals surface area contributed by atoms with Crippen LogP contribution < -0.4 is 10.1 Å². The molecule has 1 amide bonds. The Hall–Kier alpha value is -2.08. The van der Waals surface area contributed by atoms with Gasteiger partial charge in [0.2, 0.25) is 0 Å². The van der Waals surface area contributed by atoms with Gasteiger partial charge in [-0.1, -0.05) is 6.42 Å². The summed E-state index contributed by atoms with van der Waals surface area (Å²) in [4.78, 5) is 17.8. The van der Waals surface area contributed by atoms with E-state index in [1.807, 2.05) is 16.7 Å². The monoisotopic (exact) mass is 383 g/mol. The van der Waals surface area contributed by atoms with Crippen molar-refractivity contribution in [2.75, 3.05) is 20.3 Å². The van der Waals surface area contributed by atoms with Gasteiger partial charge < -0.3 is 19.2 Å². The van der Waals surface area contributed by atoms with Crippen LogP contribution in [0.5, 0.6) is 5.75 Å². The molecule has 1 spiro atoms. The number of pyridine rings is 1. The molecule has 1 aliphatic heterocycles. The van der Waals surface area contributed by atoms with E-state index in [1.54, 1.807) is 7.11 Å². The summed E-state index contributed by atoms with van der Waals surface area (Å²) in [7, 11) is 1.62. The molecule has 28 heavy (non-hydrogen) atoms. The van der Waals surface area contributed by atoms with Crippen molar-refractivity contribution in [1.29, 1.82) is 0 Å². The molecule has 3 heterocycles. The van der Waals surface area contributed by atoms with E-state index in [2.05, 4.69) is 11.5 Å². The molecule has 3 aliphatic rings. The Kier molecular flexibility index (Phi) is 4.54. The van der Waals surface area contributed by atoms with Gasteiger partial charge in [0.05, 0.1) is 18.4 Å². The highest BCUT2D eigenvalue weighted by molar-refractivity contribution is 5.97. The maximum Gasteiger partial charge on any atom is 0.256 e. The molecule has 2 aromatic rings. The van der Waals surface area contributed by atoms with Gasteiger partial charge in [0, 0.05) is 43.6 Å². The predicted molar refractivity (Wildman–Crippen MR) is 106 cm³/mol. The largest absolute Gasteiger partial charge is 0.496 e. The maximum absolute atomic E-state index is 13.0. The van der Waals surface area contributed by atoms with Crippen LogP contribution in [0.25, 0.3) is 5.65 Å². The molecule has 3 fully saturated rings. The van der Waals surface area contributed by atoms with Crippen LogP contribution in [0.1, 0.15) is 73.3 Å². The minimum Gasteiger partial charge on any atom is -0.496 e. The molecule has 150 valence electrons. The molecule has 0 bridgehead atoms. The van der Waals surface area contributed by atoms with Crippen molar-refractivity contribution in [2.45, 2.75) is 63.3 Å². The molecular formula is C22H29N3O3. The van der Waals surface area contributed by atoms with Gasteiger partial charge in [-0.05, 0) is 50.4 Å². The first-order chi connectivity index (χ1) is 13.7. The number of fused-ring (bicyclic) bond motifs is 1. The van der Waals surface area contributed by atoms with Crippen LogP contribution in [0.3, 0.4) is 0 Å². The molecule has 1 atom stereocenters. The smallest absolute Gasteiger partial charge is 0.256 e. The highest BCUT2D eigenvalue weighted by Crippen LogP contribution is 2.56. The van der Waals surface area contributed by atoms with Crippen molar-refractivity contribution in [3.63, 3.8) is 0 Å². The Balaban J connectivity index is 1.38. The Morgan fingerprint density at radius 3 is 2.82 bits per heavy atom. The summed E-state index contributed by atoms with van der Waals surface area (Å²) in [5.41, 5.74) is 3.02. The summed E-state index contributed by atoms with van der Waals surface area (Å²) >= 11 is 0. The summed E-state index contributed by atoms with van der Waals surface area (Å²) in [5.74, 6) is 0.975. The number of rotatable bonds is 4. The van der Waals surface area contributed by atoms with E-state index >= 15 is 0 Å². The third-order valence-corrected chi connectivity index (χ3v) is 6.91. The zero-order valence-corrected chi connectivity index (χ0v) is 16.6. The average Bonchev–Trinajstić information content (AvgIpc) is 3.32. The minimum absolute atomic E-state index is 0.0391. The maximum atomic E-state index is 13.0. The number of hydrogen-bond donors (Lipinski definition) is 1. The first-order valence-corrected chi connectivity index (χ1v) is 10.6. The number of carbonyl (C=O) groups is 1. The Morgan fingerprint density at radius 1 is 1.25 bits per heavy atom. The van der Waals surface area contributed by atoms with Gasteiger partial charge in [-0.2, -0.15) is 0 Å². The van der Waals surface area contributed by atoms with Crippen LogP contribution in [-0.2, 0) is 4.74 Å². The fourth-order valence-electron chi connectivity index (χ4n) is 5.03. The highest BCUT2D eigenvalue weighted by Gasteiger charge is 2.46. The zero-order chi connectivity index (χ0) is 19.1. The second-order valence-electron chi connectivity index (χ2n) is 8.84. The molecule has 0 radical (unpaired) electrons. The Bertz CT molecular complexity index is 881. The first kappa shape index (κ1) is 18.0.